The maximum atomic E-state index is 12.9. The Hall–Kier alpha value is -2.18. The smallest absolute Gasteiger partial charge is 0.240 e. The minimum absolute atomic E-state index is 0.0641. The van der Waals surface area contributed by atoms with Crippen LogP contribution in [-0.2, 0) is 26.7 Å². The molecule has 1 N–H and O–H groups in total. The van der Waals surface area contributed by atoms with Crippen molar-refractivity contribution in [2.75, 3.05) is 11.4 Å². The van der Waals surface area contributed by atoms with E-state index in [1.165, 1.54) is 5.56 Å². The highest BCUT2D eigenvalue weighted by Crippen LogP contribution is 2.32. The Balaban J connectivity index is 1.74. The monoisotopic (exact) mass is 414 g/mol. The summed E-state index contributed by atoms with van der Waals surface area (Å²) in [6, 6.07) is 15.0. The third kappa shape index (κ3) is 4.70. The fourth-order valence-corrected chi connectivity index (χ4v) is 5.44. The lowest BCUT2D eigenvalue weighted by Crippen LogP contribution is -2.37. The first-order valence-electron chi connectivity index (χ1n) is 10.1. The average molecular weight is 415 g/mol. The zero-order valence-electron chi connectivity index (χ0n) is 17.6. The van der Waals surface area contributed by atoms with Crippen molar-refractivity contribution in [3.05, 3.63) is 59.7 Å². The number of benzene rings is 2. The Morgan fingerprint density at radius 2 is 1.86 bits per heavy atom. The lowest BCUT2D eigenvalue weighted by Gasteiger charge is -2.29. The number of hydrogen-bond acceptors (Lipinski definition) is 3. The quantitative estimate of drug-likeness (QED) is 0.744. The molecule has 0 saturated heterocycles. The number of hydrogen-bond donors (Lipinski definition) is 1. The number of nitrogens with one attached hydrogen (secondary N) is 1. The minimum atomic E-state index is -3.63. The van der Waals surface area contributed by atoms with Crippen LogP contribution in [-0.4, -0.2) is 26.9 Å². The molecule has 0 spiro atoms. The number of fused-ring (bicyclic) bond motifs is 1. The number of amides is 1. The predicted molar refractivity (Wildman–Crippen MR) is 117 cm³/mol. The summed E-state index contributed by atoms with van der Waals surface area (Å²) in [5.74, 6) is 0.0641. The van der Waals surface area contributed by atoms with Crippen molar-refractivity contribution in [3.63, 3.8) is 0 Å². The van der Waals surface area contributed by atoms with Gasteiger partial charge in [0.15, 0.2) is 0 Å². The van der Waals surface area contributed by atoms with Crippen LogP contribution < -0.4 is 9.62 Å². The third-order valence-electron chi connectivity index (χ3n) is 5.59. The zero-order valence-corrected chi connectivity index (χ0v) is 18.4. The van der Waals surface area contributed by atoms with Gasteiger partial charge in [-0.3, -0.25) is 4.79 Å². The van der Waals surface area contributed by atoms with Gasteiger partial charge in [-0.25, -0.2) is 13.1 Å². The summed E-state index contributed by atoms with van der Waals surface area (Å²) in [6.45, 7) is 8.60. The summed E-state index contributed by atoms with van der Waals surface area (Å²) in [5.41, 5.74) is 2.77. The van der Waals surface area contributed by atoms with Gasteiger partial charge in [0.25, 0.3) is 0 Å². The summed E-state index contributed by atoms with van der Waals surface area (Å²) >= 11 is 0. The summed E-state index contributed by atoms with van der Waals surface area (Å²) in [6.07, 6.45) is 1.80. The van der Waals surface area contributed by atoms with Gasteiger partial charge in [0.05, 0.1) is 4.90 Å². The summed E-state index contributed by atoms with van der Waals surface area (Å²) in [7, 11) is -3.63. The number of carbonyl (C=O) groups is 1. The van der Waals surface area contributed by atoms with Gasteiger partial charge in [-0.05, 0) is 54.5 Å². The lowest BCUT2D eigenvalue weighted by molar-refractivity contribution is -0.118. The Bertz CT molecular complexity index is 984. The first-order valence-corrected chi connectivity index (χ1v) is 11.6. The van der Waals surface area contributed by atoms with Crippen molar-refractivity contribution in [1.29, 1.82) is 0 Å². The first kappa shape index (κ1) is 21.5. The zero-order chi connectivity index (χ0) is 21.2. The number of sulfonamides is 1. The molecule has 6 heteroatoms. The summed E-state index contributed by atoms with van der Waals surface area (Å²) < 4.78 is 28.7. The van der Waals surface area contributed by atoms with Crippen LogP contribution in [0.4, 0.5) is 5.69 Å². The minimum Gasteiger partial charge on any atom is -0.312 e. The van der Waals surface area contributed by atoms with Crippen LogP contribution in [0.5, 0.6) is 0 Å². The molecule has 29 heavy (non-hydrogen) atoms. The fraction of sp³-hybridized carbons (Fsp3) is 0.435. The van der Waals surface area contributed by atoms with E-state index >= 15 is 0 Å². The second-order valence-corrected chi connectivity index (χ2v) is 10.1. The van der Waals surface area contributed by atoms with Gasteiger partial charge >= 0.3 is 0 Å². The molecule has 156 valence electrons. The normalized spacial score (nSPS) is 15.2. The van der Waals surface area contributed by atoms with Crippen molar-refractivity contribution >= 4 is 21.6 Å². The molecule has 2 aromatic rings. The van der Waals surface area contributed by atoms with Crippen molar-refractivity contribution in [2.45, 2.75) is 63.3 Å². The number of nitrogens with zero attached hydrogens (tertiary/aromatic N) is 1. The van der Waals surface area contributed by atoms with Crippen LogP contribution in [0, 0.1) is 0 Å². The average Bonchev–Trinajstić information content (AvgIpc) is 3.10. The molecule has 0 fully saturated rings. The van der Waals surface area contributed by atoms with E-state index < -0.39 is 10.0 Å². The molecular formula is C23H30N2O3S. The highest BCUT2D eigenvalue weighted by molar-refractivity contribution is 7.89. The Labute approximate surface area is 174 Å². The molecule has 0 bridgehead atoms. The van der Waals surface area contributed by atoms with E-state index in [-0.39, 0.29) is 22.3 Å². The van der Waals surface area contributed by atoms with E-state index in [1.807, 2.05) is 32.0 Å². The molecule has 0 aromatic heterocycles. The van der Waals surface area contributed by atoms with Gasteiger partial charge in [-0.15, -0.1) is 0 Å². The van der Waals surface area contributed by atoms with Crippen LogP contribution in [0.1, 0.15) is 51.7 Å². The molecule has 1 aliphatic heterocycles. The Kier molecular flexibility index (Phi) is 6.15. The second-order valence-electron chi connectivity index (χ2n) is 8.42. The number of rotatable bonds is 7. The third-order valence-corrected chi connectivity index (χ3v) is 7.18. The maximum absolute atomic E-state index is 12.9. The van der Waals surface area contributed by atoms with Crippen LogP contribution in [0.3, 0.4) is 0 Å². The van der Waals surface area contributed by atoms with Gasteiger partial charge < -0.3 is 4.90 Å². The molecular weight excluding hydrogens is 384 g/mol. The predicted octanol–water partition coefficient (Wildman–Crippen LogP) is 4.02. The van der Waals surface area contributed by atoms with E-state index in [0.717, 1.165) is 11.3 Å². The first-order chi connectivity index (χ1) is 13.6. The van der Waals surface area contributed by atoms with E-state index in [1.54, 1.807) is 23.1 Å². The Morgan fingerprint density at radius 3 is 2.52 bits per heavy atom. The maximum Gasteiger partial charge on any atom is 0.240 e. The van der Waals surface area contributed by atoms with Gasteiger partial charge in [0.1, 0.15) is 0 Å². The molecule has 1 heterocycles. The molecule has 0 saturated carbocycles. The molecule has 3 rings (SSSR count). The molecule has 2 aromatic carbocycles. The number of anilines is 1. The van der Waals surface area contributed by atoms with Gasteiger partial charge in [-0.1, -0.05) is 51.1 Å². The molecule has 5 nitrogen and oxygen atoms in total. The van der Waals surface area contributed by atoms with E-state index in [4.69, 9.17) is 0 Å². The lowest BCUT2D eigenvalue weighted by atomic mass is 9.79. The largest absolute Gasteiger partial charge is 0.312 e. The van der Waals surface area contributed by atoms with Crippen LogP contribution in [0.25, 0.3) is 0 Å². The fourth-order valence-electron chi connectivity index (χ4n) is 4.14. The molecule has 0 unspecified atom stereocenters. The van der Waals surface area contributed by atoms with Gasteiger partial charge in [0.2, 0.25) is 15.9 Å². The van der Waals surface area contributed by atoms with E-state index in [9.17, 15) is 13.2 Å². The van der Waals surface area contributed by atoms with E-state index in [0.29, 0.717) is 25.8 Å². The molecule has 0 aliphatic carbocycles. The highest BCUT2D eigenvalue weighted by atomic mass is 32.2. The second kappa shape index (κ2) is 8.28. The van der Waals surface area contributed by atoms with Gasteiger partial charge in [-0.2, -0.15) is 0 Å². The van der Waals surface area contributed by atoms with Gasteiger partial charge in [0, 0.05) is 24.7 Å². The standard InChI is InChI=1S/C23H30N2O3S/c1-5-22(26)25-14-13-18-15-20(11-12-21(18)25)29(27,28)24-17(2)16-23(3,4)19-9-7-6-8-10-19/h6-12,15,17,24H,5,13-14,16H2,1-4H3/t17-/m1/s1. The van der Waals surface area contributed by atoms with Crippen molar-refractivity contribution in [1.82, 2.24) is 4.72 Å². The number of carbonyl (C=O) groups excluding carboxylic acids is 1. The molecule has 0 radical (unpaired) electrons. The van der Waals surface area contributed by atoms with Crippen LogP contribution in [0.2, 0.25) is 0 Å². The summed E-state index contributed by atoms with van der Waals surface area (Å²) in [5, 5.41) is 0. The molecule has 1 amide bonds. The van der Waals surface area contributed by atoms with Crippen molar-refractivity contribution in [3.8, 4) is 0 Å². The topological polar surface area (TPSA) is 66.5 Å². The SMILES string of the molecule is CCC(=O)N1CCc2cc(S(=O)(=O)N[C@H](C)CC(C)(C)c3ccccc3)ccc21. The van der Waals surface area contributed by atoms with Crippen LogP contribution in [0.15, 0.2) is 53.4 Å². The van der Waals surface area contributed by atoms with Crippen LogP contribution >= 0.6 is 0 Å². The molecule has 1 aliphatic rings. The molecule has 1 atom stereocenters. The highest BCUT2D eigenvalue weighted by Gasteiger charge is 2.28. The van der Waals surface area contributed by atoms with E-state index in [2.05, 4.69) is 30.7 Å². The summed E-state index contributed by atoms with van der Waals surface area (Å²) in [4.78, 5) is 14.0. The van der Waals surface area contributed by atoms with Crippen molar-refractivity contribution < 1.29 is 13.2 Å². The Morgan fingerprint density at radius 1 is 1.17 bits per heavy atom. The van der Waals surface area contributed by atoms with Crippen molar-refractivity contribution in [2.24, 2.45) is 0 Å².